The third-order valence-corrected chi connectivity index (χ3v) is 4.31. The number of nitrogens with zero attached hydrogens (tertiary/aromatic N) is 2. The fourth-order valence-corrected chi connectivity index (χ4v) is 2.73. The number of benzene rings is 2. The van der Waals surface area contributed by atoms with Crippen LogP contribution in [0, 0.1) is 0 Å². The van der Waals surface area contributed by atoms with Crippen LogP contribution >= 0.6 is 27.7 Å². The average molecular weight is 390 g/mol. The summed E-state index contributed by atoms with van der Waals surface area (Å²) in [5.74, 6) is 0.0569. The van der Waals surface area contributed by atoms with Crippen LogP contribution in [0.4, 0.5) is 6.01 Å². The Kier molecular flexibility index (Phi) is 4.78. The summed E-state index contributed by atoms with van der Waals surface area (Å²) in [6.07, 6.45) is 2.01. The molecule has 5 nitrogen and oxygen atoms in total. The Bertz CT molecular complexity index is 833. The van der Waals surface area contributed by atoms with E-state index in [1.807, 2.05) is 36.6 Å². The van der Waals surface area contributed by atoms with Gasteiger partial charge in [0, 0.05) is 20.5 Å². The van der Waals surface area contributed by atoms with E-state index in [2.05, 4.69) is 31.4 Å². The summed E-state index contributed by atoms with van der Waals surface area (Å²) in [6.45, 7) is 0. The first-order valence-electron chi connectivity index (χ1n) is 6.70. The third kappa shape index (κ3) is 3.80. The number of amides is 1. The standard InChI is InChI=1S/C16H12BrN3O2S/c1-23-13-7-5-10(6-8-13)15-19-20-16(22-15)18-14(21)11-3-2-4-12(17)9-11/h2-9H,1H3,(H,18,20,21). The lowest BCUT2D eigenvalue weighted by Gasteiger charge is -2.01. The topological polar surface area (TPSA) is 68.0 Å². The van der Waals surface area contributed by atoms with Crippen LogP contribution in [0.3, 0.4) is 0 Å². The molecule has 1 amide bonds. The maximum Gasteiger partial charge on any atom is 0.322 e. The number of carbonyl (C=O) groups is 1. The monoisotopic (exact) mass is 389 g/mol. The molecule has 2 aromatic carbocycles. The Hall–Kier alpha value is -2.12. The van der Waals surface area contributed by atoms with Crippen LogP contribution in [0.25, 0.3) is 11.5 Å². The predicted molar refractivity (Wildman–Crippen MR) is 93.6 cm³/mol. The summed E-state index contributed by atoms with van der Waals surface area (Å²) in [5.41, 5.74) is 1.31. The number of hydrogen-bond acceptors (Lipinski definition) is 5. The number of halogens is 1. The minimum absolute atomic E-state index is 0.0684. The Balaban J connectivity index is 1.75. The first-order chi connectivity index (χ1) is 11.2. The van der Waals surface area contributed by atoms with Crippen molar-refractivity contribution in [3.63, 3.8) is 0 Å². The largest absolute Gasteiger partial charge is 0.403 e. The molecule has 0 aliphatic carbocycles. The van der Waals surface area contributed by atoms with Gasteiger partial charge < -0.3 is 4.42 Å². The molecule has 3 rings (SSSR count). The predicted octanol–water partition coefficient (Wildman–Crippen LogP) is 4.47. The van der Waals surface area contributed by atoms with Crippen LogP contribution in [0.15, 0.2) is 62.3 Å². The summed E-state index contributed by atoms with van der Waals surface area (Å²) < 4.78 is 6.32. The van der Waals surface area contributed by atoms with Gasteiger partial charge in [0.05, 0.1) is 0 Å². The minimum atomic E-state index is -0.306. The average Bonchev–Trinajstić information content (AvgIpc) is 3.03. The van der Waals surface area contributed by atoms with Crippen LogP contribution in [0.1, 0.15) is 10.4 Å². The normalized spacial score (nSPS) is 10.5. The maximum atomic E-state index is 12.1. The second-order valence-corrected chi connectivity index (χ2v) is 6.40. The van der Waals surface area contributed by atoms with Gasteiger partial charge in [0.1, 0.15) is 0 Å². The van der Waals surface area contributed by atoms with Crippen molar-refractivity contribution >= 4 is 39.6 Å². The van der Waals surface area contributed by atoms with E-state index in [0.29, 0.717) is 11.5 Å². The second-order valence-electron chi connectivity index (χ2n) is 4.61. The van der Waals surface area contributed by atoms with Crippen LogP contribution in [-0.4, -0.2) is 22.4 Å². The molecule has 0 saturated carbocycles. The van der Waals surface area contributed by atoms with E-state index in [9.17, 15) is 4.79 Å². The molecule has 0 radical (unpaired) electrons. The molecule has 23 heavy (non-hydrogen) atoms. The summed E-state index contributed by atoms with van der Waals surface area (Å²) in [4.78, 5) is 13.3. The molecular formula is C16H12BrN3O2S. The number of hydrogen-bond donors (Lipinski definition) is 1. The molecule has 1 aromatic heterocycles. The lowest BCUT2D eigenvalue weighted by molar-refractivity contribution is 0.102. The van der Waals surface area contributed by atoms with E-state index in [4.69, 9.17) is 4.42 Å². The van der Waals surface area contributed by atoms with Crippen LogP contribution in [-0.2, 0) is 0 Å². The number of anilines is 1. The van der Waals surface area contributed by atoms with Gasteiger partial charge >= 0.3 is 6.01 Å². The van der Waals surface area contributed by atoms with Crippen molar-refractivity contribution in [3.05, 3.63) is 58.6 Å². The molecule has 0 bridgehead atoms. The molecule has 1 heterocycles. The van der Waals surface area contributed by atoms with E-state index < -0.39 is 0 Å². The molecule has 0 spiro atoms. The Morgan fingerprint density at radius 2 is 1.96 bits per heavy atom. The zero-order chi connectivity index (χ0) is 16.2. The molecule has 0 atom stereocenters. The van der Waals surface area contributed by atoms with Crippen LogP contribution in [0.5, 0.6) is 0 Å². The molecule has 0 unspecified atom stereocenters. The number of nitrogens with one attached hydrogen (secondary N) is 1. The van der Waals surface area contributed by atoms with Crippen molar-refractivity contribution in [2.45, 2.75) is 4.90 Å². The van der Waals surface area contributed by atoms with Crippen molar-refractivity contribution < 1.29 is 9.21 Å². The van der Waals surface area contributed by atoms with Gasteiger partial charge in [-0.1, -0.05) is 27.1 Å². The van der Waals surface area contributed by atoms with E-state index >= 15 is 0 Å². The SMILES string of the molecule is CSc1ccc(-c2nnc(NC(=O)c3cccc(Br)c3)o2)cc1. The first kappa shape index (κ1) is 15.8. The maximum absolute atomic E-state index is 12.1. The fraction of sp³-hybridized carbons (Fsp3) is 0.0625. The molecule has 116 valence electrons. The highest BCUT2D eigenvalue weighted by Crippen LogP contribution is 2.23. The lowest BCUT2D eigenvalue weighted by atomic mass is 10.2. The zero-order valence-corrected chi connectivity index (χ0v) is 14.5. The Morgan fingerprint density at radius 3 is 2.65 bits per heavy atom. The second kappa shape index (κ2) is 6.97. The van der Waals surface area contributed by atoms with E-state index in [1.165, 1.54) is 0 Å². The molecular weight excluding hydrogens is 378 g/mol. The fourth-order valence-electron chi connectivity index (χ4n) is 1.92. The van der Waals surface area contributed by atoms with Crippen LogP contribution < -0.4 is 5.32 Å². The molecule has 7 heteroatoms. The van der Waals surface area contributed by atoms with Gasteiger partial charge in [0.15, 0.2) is 0 Å². The number of carbonyl (C=O) groups excluding carboxylic acids is 1. The van der Waals surface area contributed by atoms with Gasteiger partial charge in [0.2, 0.25) is 5.89 Å². The molecule has 0 aliphatic rings. The summed E-state index contributed by atoms with van der Waals surface area (Å²) >= 11 is 4.99. The Labute approximate surface area is 145 Å². The quantitative estimate of drug-likeness (QED) is 0.666. The van der Waals surface area contributed by atoms with Gasteiger partial charge in [-0.3, -0.25) is 10.1 Å². The smallest absolute Gasteiger partial charge is 0.322 e. The van der Waals surface area contributed by atoms with Crippen molar-refractivity contribution in [1.29, 1.82) is 0 Å². The van der Waals surface area contributed by atoms with Gasteiger partial charge in [-0.05, 0) is 48.7 Å². The summed E-state index contributed by atoms with van der Waals surface area (Å²) in [5, 5.41) is 10.4. The molecule has 0 saturated heterocycles. The zero-order valence-electron chi connectivity index (χ0n) is 12.1. The highest BCUT2D eigenvalue weighted by Gasteiger charge is 2.13. The molecule has 3 aromatic rings. The minimum Gasteiger partial charge on any atom is -0.403 e. The lowest BCUT2D eigenvalue weighted by Crippen LogP contribution is -2.11. The molecule has 1 N–H and O–H groups in total. The molecule has 0 fully saturated rings. The van der Waals surface area contributed by atoms with Crippen molar-refractivity contribution in [2.75, 3.05) is 11.6 Å². The molecule has 0 aliphatic heterocycles. The van der Waals surface area contributed by atoms with E-state index in [0.717, 1.165) is 14.9 Å². The van der Waals surface area contributed by atoms with Crippen molar-refractivity contribution in [3.8, 4) is 11.5 Å². The van der Waals surface area contributed by atoms with E-state index in [-0.39, 0.29) is 11.9 Å². The van der Waals surface area contributed by atoms with Gasteiger partial charge in [-0.25, -0.2) is 0 Å². The highest BCUT2D eigenvalue weighted by molar-refractivity contribution is 9.10. The van der Waals surface area contributed by atoms with Gasteiger partial charge in [-0.2, -0.15) is 0 Å². The number of rotatable bonds is 4. The van der Waals surface area contributed by atoms with E-state index in [1.54, 1.807) is 30.0 Å². The number of thioether (sulfide) groups is 1. The third-order valence-electron chi connectivity index (χ3n) is 3.07. The summed E-state index contributed by atoms with van der Waals surface area (Å²) in [6, 6.07) is 14.9. The van der Waals surface area contributed by atoms with Crippen LogP contribution in [0.2, 0.25) is 0 Å². The highest BCUT2D eigenvalue weighted by atomic mass is 79.9. The number of aromatic nitrogens is 2. The first-order valence-corrected chi connectivity index (χ1v) is 8.72. The van der Waals surface area contributed by atoms with Crippen molar-refractivity contribution in [2.24, 2.45) is 0 Å². The van der Waals surface area contributed by atoms with Gasteiger partial charge in [0.25, 0.3) is 5.91 Å². The summed E-state index contributed by atoms with van der Waals surface area (Å²) in [7, 11) is 0. The van der Waals surface area contributed by atoms with Crippen molar-refractivity contribution in [1.82, 2.24) is 10.2 Å². The van der Waals surface area contributed by atoms with Gasteiger partial charge in [-0.15, -0.1) is 16.9 Å². The Morgan fingerprint density at radius 1 is 1.17 bits per heavy atom.